The van der Waals surface area contributed by atoms with E-state index in [1.807, 2.05) is 38.4 Å². The van der Waals surface area contributed by atoms with Crippen molar-refractivity contribution in [1.82, 2.24) is 5.32 Å². The first kappa shape index (κ1) is 24.9. The molecule has 1 aliphatic rings. The van der Waals surface area contributed by atoms with Gasteiger partial charge in [0.25, 0.3) is 0 Å². The number of pyridine rings is 1. The van der Waals surface area contributed by atoms with Gasteiger partial charge in [0.1, 0.15) is 6.54 Å². The molecule has 1 aromatic rings. The van der Waals surface area contributed by atoms with Crippen LogP contribution in [0.25, 0.3) is 0 Å². The first-order chi connectivity index (χ1) is 13.4. The minimum atomic E-state index is -0.534. The molecule has 29 heavy (non-hydrogen) atoms. The lowest BCUT2D eigenvalue weighted by molar-refractivity contribution is -0.697. The van der Waals surface area contributed by atoms with E-state index in [0.29, 0.717) is 22.5 Å². The van der Waals surface area contributed by atoms with E-state index in [4.69, 9.17) is 9.47 Å². The van der Waals surface area contributed by atoms with Crippen molar-refractivity contribution in [2.24, 2.45) is 0 Å². The van der Waals surface area contributed by atoms with Gasteiger partial charge in [-0.25, -0.2) is 14.2 Å². The topological polar surface area (TPSA) is 68.5 Å². The zero-order valence-electron chi connectivity index (χ0n) is 17.9. The van der Waals surface area contributed by atoms with E-state index >= 15 is 0 Å². The highest BCUT2D eigenvalue weighted by atomic mass is 79.9. The molecule has 1 aliphatic heterocycles. The van der Waals surface area contributed by atoms with Crippen molar-refractivity contribution in [1.29, 1.82) is 0 Å². The number of unbranched alkanes of at least 4 members (excludes halogenated alkanes) is 1. The molecule has 1 aromatic heterocycles. The SMILES string of the molecule is CCCC[n+]1cccc(C2C(C(=O)OCC)=C(C)NC(C)=C2C(=O)OCC)c1.[Br-]. The summed E-state index contributed by atoms with van der Waals surface area (Å²) in [5.41, 5.74) is 3.15. The van der Waals surface area contributed by atoms with E-state index in [1.165, 1.54) is 0 Å². The molecule has 1 N–H and O–H groups in total. The van der Waals surface area contributed by atoms with Crippen LogP contribution in [0.15, 0.2) is 47.1 Å². The van der Waals surface area contributed by atoms with Crippen molar-refractivity contribution in [3.63, 3.8) is 0 Å². The molecule has 0 amide bonds. The predicted octanol–water partition coefficient (Wildman–Crippen LogP) is 0.139. The summed E-state index contributed by atoms with van der Waals surface area (Å²) in [5, 5.41) is 3.16. The zero-order valence-corrected chi connectivity index (χ0v) is 19.5. The Morgan fingerprint density at radius 3 is 2.07 bits per heavy atom. The molecule has 2 rings (SSSR count). The van der Waals surface area contributed by atoms with Gasteiger partial charge in [0.05, 0.1) is 30.3 Å². The molecule has 0 radical (unpaired) electrons. The van der Waals surface area contributed by atoms with Crippen LogP contribution in [-0.4, -0.2) is 25.2 Å². The van der Waals surface area contributed by atoms with Crippen molar-refractivity contribution in [2.45, 2.75) is 59.9 Å². The Balaban J connectivity index is 0.00000420. The van der Waals surface area contributed by atoms with Gasteiger partial charge in [-0.2, -0.15) is 0 Å². The minimum absolute atomic E-state index is 0. The molecule has 0 unspecified atom stereocenters. The van der Waals surface area contributed by atoms with Crippen molar-refractivity contribution < 1.29 is 40.6 Å². The van der Waals surface area contributed by atoms with Crippen LogP contribution in [0, 0.1) is 0 Å². The van der Waals surface area contributed by atoms with Gasteiger partial charge in [-0.3, -0.25) is 0 Å². The first-order valence-electron chi connectivity index (χ1n) is 9.96. The number of allylic oxidation sites excluding steroid dienone is 2. The molecule has 0 aliphatic carbocycles. The number of carbonyl (C=O) groups is 2. The number of nitrogens with zero attached hydrogens (tertiary/aromatic N) is 1. The molecule has 0 bridgehead atoms. The Labute approximate surface area is 183 Å². The summed E-state index contributed by atoms with van der Waals surface area (Å²) < 4.78 is 12.7. The number of halogens is 1. The highest BCUT2D eigenvalue weighted by Crippen LogP contribution is 2.38. The summed E-state index contributed by atoms with van der Waals surface area (Å²) >= 11 is 0. The van der Waals surface area contributed by atoms with E-state index in [0.717, 1.165) is 24.9 Å². The number of esters is 2. The fraction of sp³-hybridized carbons (Fsp3) is 0.500. The van der Waals surface area contributed by atoms with Gasteiger partial charge >= 0.3 is 11.9 Å². The van der Waals surface area contributed by atoms with Crippen LogP contribution >= 0.6 is 0 Å². The van der Waals surface area contributed by atoms with Gasteiger partial charge in [0.2, 0.25) is 0 Å². The number of aryl methyl sites for hydroxylation is 1. The number of aromatic nitrogens is 1. The second kappa shape index (κ2) is 11.8. The normalized spacial score (nSPS) is 14.2. The smallest absolute Gasteiger partial charge is 0.336 e. The zero-order chi connectivity index (χ0) is 20.7. The van der Waals surface area contributed by atoms with Crippen molar-refractivity contribution in [3.05, 3.63) is 52.6 Å². The molecule has 0 fully saturated rings. The van der Waals surface area contributed by atoms with Gasteiger partial charge in [-0.15, -0.1) is 0 Å². The van der Waals surface area contributed by atoms with E-state index in [-0.39, 0.29) is 30.2 Å². The molecular formula is C22H31BrN2O4. The van der Waals surface area contributed by atoms with Crippen molar-refractivity contribution >= 4 is 11.9 Å². The molecule has 7 heteroatoms. The molecule has 2 heterocycles. The average molecular weight is 467 g/mol. The molecular weight excluding hydrogens is 436 g/mol. The fourth-order valence-corrected chi connectivity index (χ4v) is 3.48. The maximum Gasteiger partial charge on any atom is 0.336 e. The van der Waals surface area contributed by atoms with Crippen LogP contribution in [0.5, 0.6) is 0 Å². The Hall–Kier alpha value is -2.15. The molecule has 6 nitrogen and oxygen atoms in total. The number of hydrogen-bond acceptors (Lipinski definition) is 5. The van der Waals surface area contributed by atoms with Crippen LogP contribution in [0.4, 0.5) is 0 Å². The summed E-state index contributed by atoms with van der Waals surface area (Å²) in [6.07, 6.45) is 6.15. The highest BCUT2D eigenvalue weighted by molar-refractivity contribution is 5.99. The van der Waals surface area contributed by atoms with Gasteiger partial charge in [0.15, 0.2) is 12.4 Å². The minimum Gasteiger partial charge on any atom is -1.00 e. The Kier molecular flexibility index (Phi) is 10.1. The summed E-state index contributed by atoms with van der Waals surface area (Å²) in [5.74, 6) is -1.38. The van der Waals surface area contributed by atoms with Crippen LogP contribution in [-0.2, 0) is 25.6 Å². The lowest BCUT2D eigenvalue weighted by Crippen LogP contribution is -3.00. The van der Waals surface area contributed by atoms with Gasteiger partial charge in [-0.05, 0) is 33.8 Å². The standard InChI is InChI=1S/C22H30N2O4.BrH/c1-6-9-12-24-13-10-11-17(14-24)20-18(21(25)27-7-2)15(4)23-16(5)19(20)22(26)28-8-3;/h10-11,13-14,20H,6-9,12H2,1-5H3;1H. The molecule has 0 spiro atoms. The van der Waals surface area contributed by atoms with Crippen LogP contribution in [0.3, 0.4) is 0 Å². The third kappa shape index (κ3) is 5.92. The largest absolute Gasteiger partial charge is 1.00 e. The lowest BCUT2D eigenvalue weighted by atomic mass is 9.81. The summed E-state index contributed by atoms with van der Waals surface area (Å²) in [7, 11) is 0. The maximum atomic E-state index is 12.8. The number of hydrogen-bond donors (Lipinski definition) is 1. The number of ether oxygens (including phenoxy) is 2. The third-order valence-corrected chi connectivity index (χ3v) is 4.74. The molecule has 160 valence electrons. The van der Waals surface area contributed by atoms with Gasteiger partial charge in [0, 0.05) is 29.4 Å². The fourth-order valence-electron chi connectivity index (χ4n) is 3.48. The number of nitrogens with one attached hydrogen (secondary N) is 1. The number of carbonyl (C=O) groups excluding carboxylic acids is 2. The second-order valence-corrected chi connectivity index (χ2v) is 6.80. The molecule has 0 atom stereocenters. The Bertz CT molecular complexity index is 762. The van der Waals surface area contributed by atoms with Crippen LogP contribution in [0.2, 0.25) is 0 Å². The molecule has 0 aromatic carbocycles. The highest BCUT2D eigenvalue weighted by Gasteiger charge is 2.38. The first-order valence-corrected chi connectivity index (χ1v) is 9.96. The number of dihydropyridines is 1. The van der Waals surface area contributed by atoms with Crippen molar-refractivity contribution in [2.75, 3.05) is 13.2 Å². The number of rotatable bonds is 8. The lowest BCUT2D eigenvalue weighted by Gasteiger charge is -2.29. The Morgan fingerprint density at radius 2 is 1.59 bits per heavy atom. The van der Waals surface area contributed by atoms with E-state index in [9.17, 15) is 9.59 Å². The van der Waals surface area contributed by atoms with E-state index in [1.54, 1.807) is 13.8 Å². The summed E-state index contributed by atoms with van der Waals surface area (Å²) in [6, 6.07) is 3.89. The second-order valence-electron chi connectivity index (χ2n) is 6.80. The Morgan fingerprint density at radius 1 is 1.03 bits per heavy atom. The average Bonchev–Trinajstić information content (AvgIpc) is 2.66. The quantitative estimate of drug-likeness (QED) is 0.435. The van der Waals surface area contributed by atoms with Crippen LogP contribution in [0.1, 0.15) is 58.9 Å². The van der Waals surface area contributed by atoms with Gasteiger partial charge < -0.3 is 31.8 Å². The molecule has 0 saturated heterocycles. The monoisotopic (exact) mass is 466 g/mol. The maximum absolute atomic E-state index is 12.8. The predicted molar refractivity (Wildman–Crippen MR) is 106 cm³/mol. The van der Waals surface area contributed by atoms with E-state index in [2.05, 4.69) is 16.8 Å². The third-order valence-electron chi connectivity index (χ3n) is 4.74. The van der Waals surface area contributed by atoms with Gasteiger partial charge in [-0.1, -0.05) is 13.3 Å². The summed E-state index contributed by atoms with van der Waals surface area (Å²) in [6.45, 7) is 10.8. The van der Waals surface area contributed by atoms with E-state index < -0.39 is 17.9 Å². The molecule has 0 saturated carbocycles. The summed E-state index contributed by atoms with van der Waals surface area (Å²) in [4.78, 5) is 25.6. The van der Waals surface area contributed by atoms with Crippen LogP contribution < -0.4 is 26.9 Å². The van der Waals surface area contributed by atoms with Crippen molar-refractivity contribution in [3.8, 4) is 0 Å².